The van der Waals surface area contributed by atoms with Crippen LogP contribution in [0, 0.1) is 0 Å². The fourth-order valence-electron chi connectivity index (χ4n) is 5.25. The predicted molar refractivity (Wildman–Crippen MR) is 153 cm³/mol. The molecule has 2 aliphatic rings. The average molecular weight is 559 g/mol. The maximum atomic E-state index is 13.2. The van der Waals surface area contributed by atoms with Gasteiger partial charge in [0.25, 0.3) is 5.91 Å². The molecule has 0 atom stereocenters. The highest BCUT2D eigenvalue weighted by Gasteiger charge is 2.30. The van der Waals surface area contributed by atoms with Crippen LogP contribution in [0.15, 0.2) is 58.5 Å². The maximum Gasteiger partial charge on any atom is 0.320 e. The lowest BCUT2D eigenvalue weighted by molar-refractivity contribution is 0.0987. The number of hydrogen-bond donors (Lipinski definition) is 1. The van der Waals surface area contributed by atoms with Crippen molar-refractivity contribution in [3.05, 3.63) is 70.5 Å². The highest BCUT2D eigenvalue weighted by molar-refractivity contribution is 7.10. The molecule has 10 nitrogen and oxygen atoms in total. The van der Waals surface area contributed by atoms with Crippen LogP contribution in [0.5, 0.6) is 0 Å². The zero-order valence-electron chi connectivity index (χ0n) is 22.2. The van der Waals surface area contributed by atoms with E-state index in [1.54, 1.807) is 35.8 Å². The predicted octanol–water partition coefficient (Wildman–Crippen LogP) is 4.86. The van der Waals surface area contributed by atoms with Crippen LogP contribution in [-0.4, -0.2) is 76.8 Å². The summed E-state index contributed by atoms with van der Waals surface area (Å²) in [6.07, 6.45) is 3.44. The van der Waals surface area contributed by atoms with Crippen LogP contribution >= 0.6 is 11.3 Å². The number of nitrogens with zero attached hydrogens (tertiary/aromatic N) is 5. The van der Waals surface area contributed by atoms with Crippen molar-refractivity contribution in [1.29, 1.82) is 0 Å². The average Bonchev–Trinajstić information content (AvgIpc) is 3.66. The fourth-order valence-corrected chi connectivity index (χ4v) is 6.23. The number of nitrogens with one attached hydrogen (secondary N) is 1. The van der Waals surface area contributed by atoms with Crippen LogP contribution in [0.1, 0.15) is 51.7 Å². The molecule has 206 valence electrons. The lowest BCUT2D eigenvalue weighted by Gasteiger charge is -2.39. The smallest absolute Gasteiger partial charge is 0.320 e. The van der Waals surface area contributed by atoms with E-state index >= 15 is 0 Å². The van der Waals surface area contributed by atoms with Gasteiger partial charge in [-0.3, -0.25) is 9.59 Å². The second-order valence-electron chi connectivity index (χ2n) is 10.2. The summed E-state index contributed by atoms with van der Waals surface area (Å²) >= 11 is 1.49. The van der Waals surface area contributed by atoms with Crippen LogP contribution in [-0.2, 0) is 0 Å². The van der Waals surface area contributed by atoms with Crippen LogP contribution < -0.4 is 10.2 Å². The van der Waals surface area contributed by atoms with E-state index < -0.39 is 0 Å². The number of amides is 3. The van der Waals surface area contributed by atoms with Gasteiger partial charge in [-0.15, -0.1) is 11.3 Å². The fraction of sp³-hybridized carbons (Fsp3) is 0.345. The molecule has 11 heteroatoms. The number of piperazine rings is 1. The van der Waals surface area contributed by atoms with E-state index in [0.717, 1.165) is 42.1 Å². The van der Waals surface area contributed by atoms with Crippen LogP contribution in [0.4, 0.5) is 16.3 Å². The molecule has 0 bridgehead atoms. The number of fused-ring (bicyclic) bond motifs is 1. The lowest BCUT2D eigenvalue weighted by atomic mass is 9.98. The number of carbonyl (C=O) groups excluding carboxylic acids is 3. The van der Waals surface area contributed by atoms with Gasteiger partial charge in [-0.25, -0.2) is 14.8 Å². The van der Waals surface area contributed by atoms with Crippen LogP contribution in [0.3, 0.4) is 0 Å². The Morgan fingerprint density at radius 2 is 1.75 bits per heavy atom. The molecule has 40 heavy (non-hydrogen) atoms. The molecule has 3 aromatic heterocycles. The molecule has 0 aliphatic carbocycles. The second kappa shape index (κ2) is 11.1. The van der Waals surface area contributed by atoms with Gasteiger partial charge in [0, 0.05) is 74.8 Å². The van der Waals surface area contributed by atoms with E-state index in [1.807, 2.05) is 28.0 Å². The lowest BCUT2D eigenvalue weighted by Crippen LogP contribution is -2.54. The van der Waals surface area contributed by atoms with Gasteiger partial charge in [0.1, 0.15) is 17.1 Å². The van der Waals surface area contributed by atoms with Gasteiger partial charge in [0.05, 0.1) is 5.01 Å². The number of carbonyl (C=O) groups is 3. The van der Waals surface area contributed by atoms with Crippen molar-refractivity contribution < 1.29 is 18.8 Å². The Hall–Kier alpha value is -4.25. The van der Waals surface area contributed by atoms with Crippen molar-refractivity contribution in [2.75, 3.05) is 49.5 Å². The van der Waals surface area contributed by atoms with Gasteiger partial charge < -0.3 is 24.4 Å². The molecule has 6 rings (SSSR count). The molecule has 0 radical (unpaired) electrons. The zero-order valence-corrected chi connectivity index (χ0v) is 23.0. The molecule has 2 aliphatic heterocycles. The van der Waals surface area contributed by atoms with E-state index in [0.29, 0.717) is 48.9 Å². The zero-order chi connectivity index (χ0) is 27.6. The van der Waals surface area contributed by atoms with E-state index in [1.165, 1.54) is 18.3 Å². The summed E-state index contributed by atoms with van der Waals surface area (Å²) in [5.41, 5.74) is 1.58. The number of ketones is 1. The summed E-state index contributed by atoms with van der Waals surface area (Å²) < 4.78 is 5.52. The van der Waals surface area contributed by atoms with Crippen LogP contribution in [0.25, 0.3) is 11.0 Å². The quantitative estimate of drug-likeness (QED) is 0.348. The highest BCUT2D eigenvalue weighted by Crippen LogP contribution is 2.31. The van der Waals surface area contributed by atoms with Crippen molar-refractivity contribution in [3.8, 4) is 0 Å². The third-order valence-electron chi connectivity index (χ3n) is 7.51. The van der Waals surface area contributed by atoms with E-state index in [4.69, 9.17) is 4.42 Å². The summed E-state index contributed by atoms with van der Waals surface area (Å²) in [6, 6.07) is 12.9. The molecule has 2 fully saturated rings. The third-order valence-corrected chi connectivity index (χ3v) is 8.52. The Balaban J connectivity index is 1.01. The minimum Gasteiger partial charge on any atom is -0.453 e. The topological polar surface area (TPSA) is 112 Å². The van der Waals surface area contributed by atoms with Gasteiger partial charge in [0.2, 0.25) is 0 Å². The Kier molecular flexibility index (Phi) is 7.21. The summed E-state index contributed by atoms with van der Waals surface area (Å²) in [6.45, 7) is 5.74. The number of aromatic nitrogens is 2. The summed E-state index contributed by atoms with van der Waals surface area (Å²) in [5.74, 6) is 1.04. The van der Waals surface area contributed by atoms with Crippen molar-refractivity contribution in [2.24, 2.45) is 0 Å². The number of likely N-dealkylation sites (tertiary alicyclic amines) is 1. The number of hydrogen-bond acceptors (Lipinski definition) is 8. The molecule has 5 heterocycles. The first kappa shape index (κ1) is 26.0. The SMILES string of the molecule is CC(=O)c1cc2cc(NC(=O)c3csc(C4CCN(C(=O)N5CCN(c6ccccn6)CC5)CC4)n3)ccc2o1. The first-order valence-electron chi connectivity index (χ1n) is 13.5. The summed E-state index contributed by atoms with van der Waals surface area (Å²) in [4.78, 5) is 52.8. The van der Waals surface area contributed by atoms with Crippen LogP contribution in [0.2, 0.25) is 0 Å². The number of furan rings is 1. The minimum absolute atomic E-state index is 0.100. The largest absolute Gasteiger partial charge is 0.453 e. The second-order valence-corrected chi connectivity index (χ2v) is 11.0. The third kappa shape index (κ3) is 5.42. The number of pyridine rings is 1. The number of anilines is 2. The molecule has 3 amide bonds. The van der Waals surface area contributed by atoms with Crippen molar-refractivity contribution in [1.82, 2.24) is 19.8 Å². The van der Waals surface area contributed by atoms with E-state index in [-0.39, 0.29) is 23.6 Å². The number of piperidine rings is 1. The molecule has 0 saturated carbocycles. The standard InChI is InChI=1S/C29H30N6O4S/c1-19(36)25-17-21-16-22(5-6-24(21)39-25)31-27(37)23-18-40-28(32-23)20-7-10-34(11-8-20)29(38)35-14-12-33(13-15-35)26-4-2-3-9-30-26/h2-6,9,16-18,20H,7-8,10-15H2,1H3,(H,31,37). The monoisotopic (exact) mass is 558 g/mol. The first-order valence-corrected chi connectivity index (χ1v) is 14.3. The molecular formula is C29H30N6O4S. The summed E-state index contributed by atoms with van der Waals surface area (Å²) in [5, 5.41) is 6.35. The number of thiazole rings is 1. The molecule has 0 spiro atoms. The normalized spacial score (nSPS) is 16.4. The Morgan fingerprint density at radius 3 is 2.48 bits per heavy atom. The van der Waals surface area contributed by atoms with Crippen molar-refractivity contribution >= 4 is 51.5 Å². The first-order chi connectivity index (χ1) is 19.4. The molecule has 4 aromatic rings. The Bertz CT molecular complexity index is 1530. The Morgan fingerprint density at radius 1 is 0.975 bits per heavy atom. The summed E-state index contributed by atoms with van der Waals surface area (Å²) in [7, 11) is 0. The van der Waals surface area contributed by atoms with E-state index in [9.17, 15) is 14.4 Å². The van der Waals surface area contributed by atoms with Crippen molar-refractivity contribution in [3.63, 3.8) is 0 Å². The van der Waals surface area contributed by atoms with E-state index in [2.05, 4.69) is 20.2 Å². The molecule has 1 N–H and O–H groups in total. The highest BCUT2D eigenvalue weighted by atomic mass is 32.1. The molecule has 0 unspecified atom stereocenters. The van der Waals surface area contributed by atoms with Gasteiger partial charge in [0.15, 0.2) is 11.5 Å². The molecular weight excluding hydrogens is 528 g/mol. The van der Waals surface area contributed by atoms with Gasteiger partial charge in [-0.05, 0) is 49.2 Å². The molecule has 1 aromatic carbocycles. The number of rotatable bonds is 5. The number of benzene rings is 1. The van der Waals surface area contributed by atoms with Gasteiger partial charge in [-0.1, -0.05) is 6.07 Å². The Labute approximate surface area is 235 Å². The maximum absolute atomic E-state index is 13.2. The van der Waals surface area contributed by atoms with Crippen molar-refractivity contribution in [2.45, 2.75) is 25.7 Å². The van der Waals surface area contributed by atoms with Gasteiger partial charge in [-0.2, -0.15) is 0 Å². The molecule has 2 saturated heterocycles. The number of Topliss-reactive ketones (excluding diaryl/α,β-unsaturated/α-hetero) is 1. The minimum atomic E-state index is -0.283. The number of urea groups is 1. The van der Waals surface area contributed by atoms with Gasteiger partial charge >= 0.3 is 6.03 Å².